The van der Waals surface area contributed by atoms with E-state index in [9.17, 15) is 4.79 Å². The Morgan fingerprint density at radius 2 is 1.81 bits per heavy atom. The SMILES string of the molecule is Cc1ccc(NCN2C(=O)/C(=C/c3ccc(N(C)C)cc3)SC2=S)cc1C. The number of rotatable bonds is 5. The van der Waals surface area contributed by atoms with Crippen molar-refractivity contribution in [1.82, 2.24) is 4.90 Å². The summed E-state index contributed by atoms with van der Waals surface area (Å²) in [5.74, 6) is -0.0574. The minimum absolute atomic E-state index is 0.0574. The minimum atomic E-state index is -0.0574. The number of thioether (sulfide) groups is 1. The molecule has 2 aromatic carbocycles. The van der Waals surface area contributed by atoms with Crippen molar-refractivity contribution in [3.63, 3.8) is 0 Å². The fourth-order valence-corrected chi connectivity index (χ4v) is 3.93. The average Bonchev–Trinajstić information content (AvgIpc) is 2.90. The summed E-state index contributed by atoms with van der Waals surface area (Å²) in [5, 5.41) is 3.29. The Kier molecular flexibility index (Phi) is 5.87. The summed E-state index contributed by atoms with van der Waals surface area (Å²) < 4.78 is 0.576. The van der Waals surface area contributed by atoms with Crippen molar-refractivity contribution in [1.29, 1.82) is 0 Å². The Bertz CT molecular complexity index is 904. The molecule has 0 bridgehead atoms. The van der Waals surface area contributed by atoms with Crippen LogP contribution in [0.2, 0.25) is 0 Å². The van der Waals surface area contributed by atoms with Gasteiger partial charge in [0.25, 0.3) is 5.91 Å². The van der Waals surface area contributed by atoms with Crippen molar-refractivity contribution >= 4 is 51.7 Å². The number of anilines is 2. The molecule has 1 fully saturated rings. The molecule has 1 aliphatic rings. The minimum Gasteiger partial charge on any atom is -0.378 e. The zero-order valence-electron chi connectivity index (χ0n) is 15.9. The summed E-state index contributed by atoms with van der Waals surface area (Å²) >= 11 is 6.75. The van der Waals surface area contributed by atoms with Crippen LogP contribution < -0.4 is 10.2 Å². The van der Waals surface area contributed by atoms with Crippen molar-refractivity contribution in [2.45, 2.75) is 13.8 Å². The van der Waals surface area contributed by atoms with E-state index in [0.29, 0.717) is 15.9 Å². The lowest BCUT2D eigenvalue weighted by Crippen LogP contribution is -2.33. The van der Waals surface area contributed by atoms with Crippen molar-refractivity contribution in [3.8, 4) is 0 Å². The van der Waals surface area contributed by atoms with Crippen LogP contribution in [0.3, 0.4) is 0 Å². The third-order valence-corrected chi connectivity index (χ3v) is 5.91. The van der Waals surface area contributed by atoms with Crippen molar-refractivity contribution in [2.24, 2.45) is 0 Å². The molecule has 1 heterocycles. The maximum absolute atomic E-state index is 12.7. The van der Waals surface area contributed by atoms with Gasteiger partial charge >= 0.3 is 0 Å². The van der Waals surface area contributed by atoms with Gasteiger partial charge in [0.05, 0.1) is 11.6 Å². The molecule has 2 aromatic rings. The van der Waals surface area contributed by atoms with Crippen LogP contribution in [0.25, 0.3) is 6.08 Å². The fraction of sp³-hybridized carbons (Fsp3) is 0.238. The second-order valence-electron chi connectivity index (χ2n) is 6.73. The number of hydrogen-bond donors (Lipinski definition) is 1. The van der Waals surface area contributed by atoms with Crippen molar-refractivity contribution in [2.75, 3.05) is 31.0 Å². The van der Waals surface area contributed by atoms with Crippen LogP contribution in [0.4, 0.5) is 11.4 Å². The van der Waals surface area contributed by atoms with Crippen LogP contribution in [0.1, 0.15) is 16.7 Å². The summed E-state index contributed by atoms with van der Waals surface area (Å²) in [5.41, 5.74) is 5.55. The number of nitrogens with one attached hydrogen (secondary N) is 1. The molecule has 0 spiro atoms. The molecule has 3 rings (SSSR count). The van der Waals surface area contributed by atoms with Gasteiger partial charge in [0.1, 0.15) is 4.32 Å². The van der Waals surface area contributed by atoms with E-state index >= 15 is 0 Å². The summed E-state index contributed by atoms with van der Waals surface area (Å²) in [7, 11) is 4.01. The topological polar surface area (TPSA) is 35.6 Å². The Morgan fingerprint density at radius 3 is 2.44 bits per heavy atom. The first kappa shape index (κ1) is 19.5. The first-order chi connectivity index (χ1) is 12.8. The van der Waals surface area contributed by atoms with Gasteiger partial charge in [0, 0.05) is 25.5 Å². The highest BCUT2D eigenvalue weighted by atomic mass is 32.2. The number of amides is 1. The number of thiocarbonyl (C=S) groups is 1. The summed E-state index contributed by atoms with van der Waals surface area (Å²) in [6.45, 7) is 4.52. The molecule has 0 aromatic heterocycles. The largest absolute Gasteiger partial charge is 0.378 e. The molecular formula is C21H23N3OS2. The van der Waals surface area contributed by atoms with Gasteiger partial charge in [0.2, 0.25) is 0 Å². The zero-order valence-corrected chi connectivity index (χ0v) is 17.6. The summed E-state index contributed by atoms with van der Waals surface area (Å²) in [6, 6.07) is 14.3. The van der Waals surface area contributed by atoms with Gasteiger partial charge in [-0.25, -0.2) is 0 Å². The van der Waals surface area contributed by atoms with E-state index in [2.05, 4.69) is 31.3 Å². The number of benzene rings is 2. The van der Waals surface area contributed by atoms with Gasteiger partial charge in [-0.1, -0.05) is 42.2 Å². The van der Waals surface area contributed by atoms with E-state index < -0.39 is 0 Å². The van der Waals surface area contributed by atoms with Crippen LogP contribution in [-0.4, -0.2) is 35.9 Å². The lowest BCUT2D eigenvalue weighted by atomic mass is 10.1. The van der Waals surface area contributed by atoms with Crippen molar-refractivity contribution in [3.05, 3.63) is 64.1 Å². The van der Waals surface area contributed by atoms with E-state index in [1.807, 2.05) is 55.4 Å². The molecule has 0 saturated carbocycles. The number of aryl methyl sites for hydroxylation is 2. The quantitative estimate of drug-likeness (QED) is 0.587. The monoisotopic (exact) mass is 397 g/mol. The summed E-state index contributed by atoms with van der Waals surface area (Å²) in [4.78, 5) is 17.0. The van der Waals surface area contributed by atoms with E-state index in [4.69, 9.17) is 12.2 Å². The van der Waals surface area contributed by atoms with E-state index in [1.54, 1.807) is 4.90 Å². The highest BCUT2D eigenvalue weighted by molar-refractivity contribution is 8.26. The third kappa shape index (κ3) is 4.51. The van der Waals surface area contributed by atoms with E-state index in [0.717, 1.165) is 16.9 Å². The van der Waals surface area contributed by atoms with Gasteiger partial charge in [0.15, 0.2) is 0 Å². The molecule has 0 unspecified atom stereocenters. The van der Waals surface area contributed by atoms with Gasteiger partial charge in [-0.05, 0) is 60.9 Å². The number of carbonyl (C=O) groups excluding carboxylic acids is 1. The third-order valence-electron chi connectivity index (χ3n) is 4.53. The molecule has 0 radical (unpaired) electrons. The first-order valence-electron chi connectivity index (χ1n) is 8.69. The molecule has 0 aliphatic carbocycles. The number of carbonyl (C=O) groups is 1. The fourth-order valence-electron chi connectivity index (χ4n) is 2.68. The number of hydrogen-bond acceptors (Lipinski definition) is 5. The predicted molar refractivity (Wildman–Crippen MR) is 120 cm³/mol. The zero-order chi connectivity index (χ0) is 19.6. The van der Waals surface area contributed by atoms with Crippen LogP contribution in [-0.2, 0) is 4.79 Å². The maximum atomic E-state index is 12.7. The van der Waals surface area contributed by atoms with Crippen molar-refractivity contribution < 1.29 is 4.79 Å². The Labute approximate surface area is 170 Å². The Morgan fingerprint density at radius 1 is 1.11 bits per heavy atom. The molecule has 1 aliphatic heterocycles. The predicted octanol–water partition coefficient (Wildman–Crippen LogP) is 4.64. The van der Waals surface area contributed by atoms with Crippen LogP contribution in [0.5, 0.6) is 0 Å². The van der Waals surface area contributed by atoms with E-state index in [-0.39, 0.29) is 5.91 Å². The first-order valence-corrected chi connectivity index (χ1v) is 9.91. The average molecular weight is 398 g/mol. The van der Waals surface area contributed by atoms with Crippen LogP contribution in [0, 0.1) is 13.8 Å². The molecule has 140 valence electrons. The standard InChI is InChI=1S/C21H23N3OS2/c1-14-5-8-17(11-15(14)2)22-13-24-20(25)19(27-21(24)26)12-16-6-9-18(10-7-16)23(3)4/h5-12,22H,13H2,1-4H3/b19-12-. The second-order valence-corrected chi connectivity index (χ2v) is 8.41. The molecule has 1 saturated heterocycles. The molecule has 1 amide bonds. The lowest BCUT2D eigenvalue weighted by molar-refractivity contribution is -0.121. The van der Waals surface area contributed by atoms with Gasteiger partial charge in [-0.15, -0.1) is 0 Å². The molecule has 1 N–H and O–H groups in total. The smallest absolute Gasteiger partial charge is 0.267 e. The van der Waals surface area contributed by atoms with E-state index in [1.165, 1.54) is 22.9 Å². The normalized spacial score (nSPS) is 15.6. The Hall–Kier alpha value is -2.31. The van der Waals surface area contributed by atoms with Gasteiger partial charge in [-0.2, -0.15) is 0 Å². The van der Waals surface area contributed by atoms with Crippen LogP contribution in [0.15, 0.2) is 47.4 Å². The highest BCUT2D eigenvalue weighted by Crippen LogP contribution is 2.32. The van der Waals surface area contributed by atoms with Crippen LogP contribution >= 0.6 is 24.0 Å². The lowest BCUT2D eigenvalue weighted by Gasteiger charge is -2.16. The maximum Gasteiger partial charge on any atom is 0.267 e. The molecule has 6 heteroatoms. The Balaban J connectivity index is 1.69. The molecule has 4 nitrogen and oxygen atoms in total. The molecule has 27 heavy (non-hydrogen) atoms. The van der Waals surface area contributed by atoms with Gasteiger partial charge < -0.3 is 10.2 Å². The summed E-state index contributed by atoms with van der Waals surface area (Å²) in [6.07, 6.45) is 1.90. The van der Waals surface area contributed by atoms with Gasteiger partial charge in [-0.3, -0.25) is 9.69 Å². The highest BCUT2D eigenvalue weighted by Gasteiger charge is 2.31. The molecular weight excluding hydrogens is 374 g/mol. The number of nitrogens with zero attached hydrogens (tertiary/aromatic N) is 2. The molecule has 0 atom stereocenters. The second kappa shape index (κ2) is 8.15.